The zero-order chi connectivity index (χ0) is 16.4. The van der Waals surface area contributed by atoms with Gasteiger partial charge in [0.2, 0.25) is 11.8 Å². The van der Waals surface area contributed by atoms with Gasteiger partial charge >= 0.3 is 0 Å². The summed E-state index contributed by atoms with van der Waals surface area (Å²) >= 11 is 0. The van der Waals surface area contributed by atoms with Gasteiger partial charge < -0.3 is 14.5 Å². The third-order valence-corrected chi connectivity index (χ3v) is 6.14. The molecule has 1 spiro atoms. The zero-order valence-electron chi connectivity index (χ0n) is 14.6. The monoisotopic (exact) mass is 322 g/mol. The topological polar surface area (TPSA) is 49.9 Å². The molecule has 1 aliphatic carbocycles. The predicted molar refractivity (Wildman–Crippen MR) is 87.8 cm³/mol. The molecule has 0 N–H and O–H groups in total. The molecule has 2 heterocycles. The maximum atomic E-state index is 12.9. The molecule has 130 valence electrons. The molecule has 0 aromatic carbocycles. The quantitative estimate of drug-likeness (QED) is 0.780. The predicted octanol–water partition coefficient (Wildman–Crippen LogP) is 1.91. The minimum atomic E-state index is -0.0655. The maximum absolute atomic E-state index is 12.9. The molecule has 0 aromatic rings. The van der Waals surface area contributed by atoms with Gasteiger partial charge in [-0.1, -0.05) is 19.3 Å². The van der Waals surface area contributed by atoms with E-state index >= 15 is 0 Å². The Morgan fingerprint density at radius 1 is 1.09 bits per heavy atom. The number of carbonyl (C=O) groups is 2. The van der Waals surface area contributed by atoms with Crippen LogP contribution in [-0.2, 0) is 14.3 Å². The van der Waals surface area contributed by atoms with Gasteiger partial charge in [0, 0.05) is 51.7 Å². The Kier molecular flexibility index (Phi) is 4.95. The van der Waals surface area contributed by atoms with Crippen LogP contribution in [0.4, 0.5) is 0 Å². The normalized spacial score (nSPS) is 28.1. The van der Waals surface area contributed by atoms with E-state index in [-0.39, 0.29) is 23.2 Å². The van der Waals surface area contributed by atoms with Crippen molar-refractivity contribution in [3.63, 3.8) is 0 Å². The highest BCUT2D eigenvalue weighted by atomic mass is 16.5. The third-order valence-electron chi connectivity index (χ3n) is 6.14. The first-order valence-corrected chi connectivity index (χ1v) is 9.11. The average molecular weight is 322 g/mol. The molecule has 3 rings (SSSR count). The van der Waals surface area contributed by atoms with Crippen molar-refractivity contribution < 1.29 is 14.3 Å². The first kappa shape index (κ1) is 16.7. The van der Waals surface area contributed by atoms with Crippen molar-refractivity contribution in [3.05, 3.63) is 0 Å². The lowest BCUT2D eigenvalue weighted by Gasteiger charge is -2.38. The second-order valence-electron chi connectivity index (χ2n) is 7.81. The van der Waals surface area contributed by atoms with Crippen molar-refractivity contribution in [3.8, 4) is 0 Å². The van der Waals surface area contributed by atoms with Crippen LogP contribution < -0.4 is 0 Å². The Bertz CT molecular complexity index is 451. The minimum absolute atomic E-state index is 0.0612. The molecule has 0 radical (unpaired) electrons. The summed E-state index contributed by atoms with van der Waals surface area (Å²) in [7, 11) is 3.64. The number of carbonyl (C=O) groups excluding carboxylic acids is 2. The number of likely N-dealkylation sites (tertiary alicyclic amines) is 1. The van der Waals surface area contributed by atoms with Crippen LogP contribution in [0.3, 0.4) is 0 Å². The van der Waals surface area contributed by atoms with E-state index in [4.69, 9.17) is 4.74 Å². The van der Waals surface area contributed by atoms with Crippen molar-refractivity contribution in [2.75, 3.05) is 40.4 Å². The highest BCUT2D eigenvalue weighted by Gasteiger charge is 2.52. The Hall–Kier alpha value is -1.10. The summed E-state index contributed by atoms with van der Waals surface area (Å²) in [5, 5.41) is 0. The van der Waals surface area contributed by atoms with Crippen LogP contribution >= 0.6 is 0 Å². The molecule has 0 bridgehead atoms. The summed E-state index contributed by atoms with van der Waals surface area (Å²) in [5.74, 6) is 0.596. The molecule has 5 heteroatoms. The number of nitrogens with zero attached hydrogens (tertiary/aromatic N) is 2. The molecule has 0 aromatic heterocycles. The van der Waals surface area contributed by atoms with Gasteiger partial charge in [-0.3, -0.25) is 9.59 Å². The van der Waals surface area contributed by atoms with Crippen molar-refractivity contribution in [2.24, 2.45) is 17.3 Å². The minimum Gasteiger partial charge on any atom is -0.381 e. The number of ether oxygens (including phenoxy) is 1. The molecule has 3 fully saturated rings. The average Bonchev–Trinajstić information content (AvgIpc) is 2.93. The van der Waals surface area contributed by atoms with E-state index in [1.54, 1.807) is 4.90 Å². The molecule has 5 nitrogen and oxygen atoms in total. The van der Waals surface area contributed by atoms with Gasteiger partial charge in [0.1, 0.15) is 0 Å². The fraction of sp³-hybridized carbons (Fsp3) is 0.889. The molecular weight excluding hydrogens is 292 g/mol. The van der Waals surface area contributed by atoms with Gasteiger partial charge in [-0.25, -0.2) is 0 Å². The van der Waals surface area contributed by atoms with Crippen LogP contribution in [-0.4, -0.2) is 62.0 Å². The van der Waals surface area contributed by atoms with Crippen molar-refractivity contribution in [1.29, 1.82) is 0 Å². The molecule has 2 aliphatic heterocycles. The fourth-order valence-electron chi connectivity index (χ4n) is 4.68. The van der Waals surface area contributed by atoms with E-state index in [0.29, 0.717) is 25.7 Å². The summed E-state index contributed by atoms with van der Waals surface area (Å²) in [6.45, 7) is 2.77. The Labute approximate surface area is 139 Å². The van der Waals surface area contributed by atoms with E-state index in [9.17, 15) is 9.59 Å². The van der Waals surface area contributed by atoms with Crippen LogP contribution in [0, 0.1) is 17.3 Å². The lowest BCUT2D eigenvalue weighted by Crippen LogP contribution is -2.44. The van der Waals surface area contributed by atoms with Gasteiger partial charge in [-0.2, -0.15) is 0 Å². The zero-order valence-corrected chi connectivity index (χ0v) is 14.6. The number of hydrogen-bond donors (Lipinski definition) is 0. The van der Waals surface area contributed by atoms with E-state index in [1.807, 2.05) is 19.0 Å². The van der Waals surface area contributed by atoms with Crippen molar-refractivity contribution in [1.82, 2.24) is 9.80 Å². The first-order chi connectivity index (χ1) is 11.0. The van der Waals surface area contributed by atoms with E-state index in [0.717, 1.165) is 32.2 Å². The largest absolute Gasteiger partial charge is 0.381 e. The second kappa shape index (κ2) is 6.80. The van der Waals surface area contributed by atoms with E-state index < -0.39 is 0 Å². The first-order valence-electron chi connectivity index (χ1n) is 9.11. The number of rotatable bonds is 2. The standard InChI is InChI=1S/C18H30N2O3/c1-19(2)17(22)15-12-20(13-18(15)8-10-23-11-9-18)16(21)14-6-4-3-5-7-14/h14-15H,3-13H2,1-2H3. The molecule has 2 amide bonds. The Morgan fingerprint density at radius 3 is 2.35 bits per heavy atom. The van der Waals surface area contributed by atoms with E-state index in [2.05, 4.69) is 0 Å². The molecule has 1 saturated carbocycles. The van der Waals surface area contributed by atoms with Crippen LogP contribution in [0.1, 0.15) is 44.9 Å². The van der Waals surface area contributed by atoms with Gasteiger partial charge in [0.15, 0.2) is 0 Å². The van der Waals surface area contributed by atoms with Crippen LogP contribution in [0.25, 0.3) is 0 Å². The highest BCUT2D eigenvalue weighted by molar-refractivity contribution is 5.84. The SMILES string of the molecule is CN(C)C(=O)C1CN(C(=O)C2CCCCC2)CC12CCOCC2. The molecule has 23 heavy (non-hydrogen) atoms. The molecular formula is C18H30N2O3. The van der Waals surface area contributed by atoms with Crippen molar-refractivity contribution in [2.45, 2.75) is 44.9 Å². The third kappa shape index (κ3) is 3.25. The van der Waals surface area contributed by atoms with Crippen LogP contribution in [0.15, 0.2) is 0 Å². The number of amides is 2. The molecule has 1 atom stereocenters. The van der Waals surface area contributed by atoms with E-state index in [1.165, 1.54) is 19.3 Å². The van der Waals surface area contributed by atoms with Gasteiger partial charge in [-0.05, 0) is 25.7 Å². The summed E-state index contributed by atoms with van der Waals surface area (Å²) in [6.07, 6.45) is 7.44. The molecule has 1 unspecified atom stereocenters. The molecule has 3 aliphatic rings. The second-order valence-corrected chi connectivity index (χ2v) is 7.81. The summed E-state index contributed by atoms with van der Waals surface area (Å²) in [4.78, 5) is 29.3. The van der Waals surface area contributed by atoms with Crippen LogP contribution in [0.2, 0.25) is 0 Å². The van der Waals surface area contributed by atoms with Crippen LogP contribution in [0.5, 0.6) is 0 Å². The molecule has 2 saturated heterocycles. The lowest BCUT2D eigenvalue weighted by atomic mass is 9.71. The summed E-state index contributed by atoms with van der Waals surface area (Å²) < 4.78 is 5.53. The Morgan fingerprint density at radius 2 is 1.74 bits per heavy atom. The van der Waals surface area contributed by atoms with Gasteiger partial charge in [-0.15, -0.1) is 0 Å². The summed E-state index contributed by atoms with van der Waals surface area (Å²) in [5.41, 5.74) is -0.0655. The number of hydrogen-bond acceptors (Lipinski definition) is 3. The van der Waals surface area contributed by atoms with Gasteiger partial charge in [0.05, 0.1) is 5.92 Å². The Balaban J connectivity index is 1.76. The maximum Gasteiger partial charge on any atom is 0.227 e. The van der Waals surface area contributed by atoms with Crippen molar-refractivity contribution >= 4 is 11.8 Å². The fourth-order valence-corrected chi connectivity index (χ4v) is 4.68. The van der Waals surface area contributed by atoms with Gasteiger partial charge in [0.25, 0.3) is 0 Å². The summed E-state index contributed by atoms with van der Waals surface area (Å²) in [6, 6.07) is 0. The lowest BCUT2D eigenvalue weighted by molar-refractivity contribution is -0.138. The smallest absolute Gasteiger partial charge is 0.227 e. The highest BCUT2D eigenvalue weighted by Crippen LogP contribution is 2.45.